The second-order valence-electron chi connectivity index (χ2n) is 9.67. The topological polar surface area (TPSA) is 44.8 Å². The molecular formula is C27H31BrO4. The summed E-state index contributed by atoms with van der Waals surface area (Å²) >= 11 is 3.59. The lowest BCUT2D eigenvalue weighted by molar-refractivity contribution is -0.150. The second-order valence-corrected chi connectivity index (χ2v) is 10.5. The van der Waals surface area contributed by atoms with Crippen LogP contribution in [-0.4, -0.2) is 19.2 Å². The Kier molecular flexibility index (Phi) is 6.39. The van der Waals surface area contributed by atoms with Crippen LogP contribution < -0.4 is 9.47 Å². The number of hydrogen-bond acceptors (Lipinski definition) is 4. The molecule has 5 heteroatoms. The largest absolute Gasteiger partial charge is 0.493 e. The molecule has 170 valence electrons. The van der Waals surface area contributed by atoms with Gasteiger partial charge in [0.15, 0.2) is 11.5 Å². The number of esters is 1. The van der Waals surface area contributed by atoms with Crippen molar-refractivity contribution < 1.29 is 19.0 Å². The summed E-state index contributed by atoms with van der Waals surface area (Å²) in [7, 11) is 1.61. The molecule has 2 aliphatic rings. The van der Waals surface area contributed by atoms with Gasteiger partial charge in [0.05, 0.1) is 7.11 Å². The first-order valence-electron chi connectivity index (χ1n) is 11.2. The predicted molar refractivity (Wildman–Crippen MR) is 130 cm³/mol. The Hall–Kier alpha value is -2.27. The molecule has 0 aromatic heterocycles. The summed E-state index contributed by atoms with van der Waals surface area (Å²) in [4.78, 5) is 12.6. The molecule has 2 fully saturated rings. The van der Waals surface area contributed by atoms with Crippen molar-refractivity contribution in [3.63, 3.8) is 0 Å². The molecule has 4 rings (SSSR count). The number of halogens is 1. The lowest BCUT2D eigenvalue weighted by Crippen LogP contribution is -2.38. The van der Waals surface area contributed by atoms with Crippen LogP contribution in [0.5, 0.6) is 11.5 Å². The molecule has 4 nitrogen and oxygen atoms in total. The Balaban J connectivity index is 1.43. The van der Waals surface area contributed by atoms with E-state index in [9.17, 15) is 4.79 Å². The Bertz CT molecular complexity index is 1010. The molecule has 2 aromatic carbocycles. The van der Waals surface area contributed by atoms with Gasteiger partial charge in [0.2, 0.25) is 0 Å². The molecule has 32 heavy (non-hydrogen) atoms. The first kappa shape index (κ1) is 22.9. The van der Waals surface area contributed by atoms with Gasteiger partial charge in [-0.2, -0.15) is 0 Å². The summed E-state index contributed by atoms with van der Waals surface area (Å²) in [5.41, 5.74) is 2.18. The monoisotopic (exact) mass is 498 g/mol. The molecule has 0 saturated heterocycles. The molecule has 0 amide bonds. The summed E-state index contributed by atoms with van der Waals surface area (Å²) < 4.78 is 18.2. The smallest absolute Gasteiger partial charge is 0.331 e. The summed E-state index contributed by atoms with van der Waals surface area (Å²) in [5.74, 6) is 1.59. The summed E-state index contributed by atoms with van der Waals surface area (Å²) in [6.45, 7) is 7.36. The van der Waals surface area contributed by atoms with Gasteiger partial charge < -0.3 is 14.2 Å². The third-order valence-electron chi connectivity index (χ3n) is 7.89. The van der Waals surface area contributed by atoms with E-state index in [-0.39, 0.29) is 22.9 Å². The van der Waals surface area contributed by atoms with Crippen molar-refractivity contribution in [1.82, 2.24) is 0 Å². The van der Waals surface area contributed by atoms with Gasteiger partial charge in [-0.3, -0.25) is 0 Å². The van der Waals surface area contributed by atoms with Gasteiger partial charge in [-0.25, -0.2) is 4.79 Å². The van der Waals surface area contributed by atoms with Gasteiger partial charge in [-0.05, 0) is 59.9 Å². The number of rotatable bonds is 7. The molecule has 0 N–H and O–H groups in total. The van der Waals surface area contributed by atoms with Gasteiger partial charge in [-0.1, -0.05) is 67.0 Å². The number of carbonyl (C=O) groups is 1. The van der Waals surface area contributed by atoms with Gasteiger partial charge in [-0.15, -0.1) is 0 Å². The number of methoxy groups -OCH3 is 1. The molecule has 0 unspecified atom stereocenters. The van der Waals surface area contributed by atoms with E-state index in [1.165, 1.54) is 12.5 Å². The van der Waals surface area contributed by atoms with Crippen molar-refractivity contribution in [2.24, 2.45) is 16.7 Å². The second kappa shape index (κ2) is 8.93. The number of fused-ring (bicyclic) bond motifs is 2. The standard InChI is InChI=1S/C27H31BrO4/c1-26(2)20-12-13-27(26,3)24(15-20)32-25(29)11-10-19-14-22(30-4)23(16-21(19)28)31-17-18-8-6-5-7-9-18/h5-11,14,16,20,24H,12-13,15,17H2,1-4H3/b11-10+/t20-,24+,27+/m1/s1. The molecule has 2 saturated carbocycles. The van der Waals surface area contributed by atoms with Crippen LogP contribution in [0.15, 0.2) is 53.0 Å². The van der Waals surface area contributed by atoms with Crippen LogP contribution in [0, 0.1) is 16.7 Å². The highest BCUT2D eigenvalue weighted by Crippen LogP contribution is 2.66. The van der Waals surface area contributed by atoms with Gasteiger partial charge >= 0.3 is 5.97 Å². The van der Waals surface area contributed by atoms with Crippen LogP contribution in [-0.2, 0) is 16.1 Å². The Labute approximate surface area is 199 Å². The molecule has 2 aliphatic carbocycles. The maximum Gasteiger partial charge on any atom is 0.331 e. The van der Waals surface area contributed by atoms with E-state index in [2.05, 4.69) is 36.7 Å². The average molecular weight is 499 g/mol. The molecule has 2 aromatic rings. The van der Waals surface area contributed by atoms with Crippen LogP contribution in [0.1, 0.15) is 51.2 Å². The van der Waals surface area contributed by atoms with Crippen molar-refractivity contribution >= 4 is 28.0 Å². The molecule has 0 aliphatic heterocycles. The van der Waals surface area contributed by atoms with Crippen molar-refractivity contribution in [2.75, 3.05) is 7.11 Å². The fraction of sp³-hybridized carbons (Fsp3) is 0.444. The maximum atomic E-state index is 12.6. The van der Waals surface area contributed by atoms with Gasteiger partial charge in [0, 0.05) is 16.0 Å². The van der Waals surface area contributed by atoms with Gasteiger partial charge in [0.1, 0.15) is 12.7 Å². The Morgan fingerprint density at radius 1 is 1.16 bits per heavy atom. The van der Waals surface area contributed by atoms with E-state index < -0.39 is 0 Å². The fourth-order valence-corrected chi connectivity index (χ4v) is 5.79. The predicted octanol–water partition coefficient (Wildman–Crippen LogP) is 6.81. The first-order valence-corrected chi connectivity index (χ1v) is 12.0. The molecule has 0 radical (unpaired) electrons. The summed E-state index contributed by atoms with van der Waals surface area (Å²) in [5, 5.41) is 0. The van der Waals surface area contributed by atoms with E-state index in [1.807, 2.05) is 42.5 Å². The average Bonchev–Trinajstić information content (AvgIpc) is 3.11. The van der Waals surface area contributed by atoms with E-state index in [0.717, 1.165) is 28.4 Å². The number of benzene rings is 2. The minimum Gasteiger partial charge on any atom is -0.493 e. The molecule has 0 heterocycles. The molecule has 3 atom stereocenters. The normalized spacial score (nSPS) is 25.8. The van der Waals surface area contributed by atoms with E-state index in [1.54, 1.807) is 13.2 Å². The van der Waals surface area contributed by atoms with Crippen LogP contribution in [0.2, 0.25) is 0 Å². The van der Waals surface area contributed by atoms with Crippen molar-refractivity contribution in [3.05, 3.63) is 64.1 Å². The van der Waals surface area contributed by atoms with E-state index in [4.69, 9.17) is 14.2 Å². The Morgan fingerprint density at radius 3 is 2.53 bits per heavy atom. The quantitative estimate of drug-likeness (QED) is 0.310. The zero-order valence-electron chi connectivity index (χ0n) is 19.2. The van der Waals surface area contributed by atoms with Crippen molar-refractivity contribution in [3.8, 4) is 11.5 Å². The van der Waals surface area contributed by atoms with Crippen LogP contribution >= 0.6 is 15.9 Å². The zero-order valence-corrected chi connectivity index (χ0v) is 20.8. The minimum absolute atomic E-state index is 0.0138. The Morgan fingerprint density at radius 2 is 1.91 bits per heavy atom. The molecule has 2 bridgehead atoms. The number of hydrogen-bond donors (Lipinski definition) is 0. The molecule has 0 spiro atoms. The van der Waals surface area contributed by atoms with Crippen LogP contribution in [0.3, 0.4) is 0 Å². The van der Waals surface area contributed by atoms with Crippen molar-refractivity contribution in [2.45, 2.75) is 52.7 Å². The highest BCUT2D eigenvalue weighted by molar-refractivity contribution is 9.10. The third-order valence-corrected chi connectivity index (χ3v) is 8.58. The summed E-state index contributed by atoms with van der Waals surface area (Å²) in [6, 6.07) is 13.7. The molecular weight excluding hydrogens is 468 g/mol. The lowest BCUT2D eigenvalue weighted by atomic mass is 9.70. The fourth-order valence-electron chi connectivity index (χ4n) is 5.33. The van der Waals surface area contributed by atoms with Crippen LogP contribution in [0.4, 0.5) is 0 Å². The highest BCUT2D eigenvalue weighted by atomic mass is 79.9. The third kappa shape index (κ3) is 4.19. The van der Waals surface area contributed by atoms with Crippen LogP contribution in [0.25, 0.3) is 6.08 Å². The van der Waals surface area contributed by atoms with E-state index >= 15 is 0 Å². The number of carbonyl (C=O) groups excluding carboxylic acids is 1. The maximum absolute atomic E-state index is 12.6. The van der Waals surface area contributed by atoms with E-state index in [0.29, 0.717) is 24.0 Å². The summed E-state index contributed by atoms with van der Waals surface area (Å²) in [6.07, 6.45) is 6.58. The zero-order chi connectivity index (χ0) is 22.9. The minimum atomic E-state index is -0.296. The van der Waals surface area contributed by atoms with Gasteiger partial charge in [0.25, 0.3) is 0 Å². The SMILES string of the molecule is COc1cc(/C=C/C(=O)O[C@H]2C[C@H]3CC[C@]2(C)C3(C)C)c(Br)cc1OCc1ccccc1. The first-order chi connectivity index (χ1) is 15.2. The number of ether oxygens (including phenoxy) is 3. The van der Waals surface area contributed by atoms with Crippen molar-refractivity contribution in [1.29, 1.82) is 0 Å². The lowest BCUT2D eigenvalue weighted by Gasteiger charge is -2.38. The highest BCUT2D eigenvalue weighted by Gasteiger charge is 2.62.